The molecule has 1 amide bonds. The second-order valence-electron chi connectivity index (χ2n) is 5.90. The lowest BCUT2D eigenvalue weighted by Crippen LogP contribution is -2.29. The Morgan fingerprint density at radius 2 is 2.11 bits per heavy atom. The molecule has 27 heavy (non-hydrogen) atoms. The molecule has 2 aromatic rings. The molecule has 0 radical (unpaired) electrons. The number of hydrogen-bond acceptors (Lipinski definition) is 6. The molecule has 146 valence electrons. The van der Waals surface area contributed by atoms with Crippen LogP contribution in [0.2, 0.25) is 0 Å². The molecule has 0 aliphatic rings. The molecule has 0 bridgehead atoms. The molecule has 2 aromatic heterocycles. The average molecular weight is 410 g/mol. The van der Waals surface area contributed by atoms with Gasteiger partial charge in [-0.15, -0.1) is 11.3 Å². The van der Waals surface area contributed by atoms with E-state index in [9.17, 15) is 9.59 Å². The first-order valence-electron chi connectivity index (χ1n) is 8.29. The molecular weight excluding hydrogens is 386 g/mol. The number of esters is 1. The molecule has 0 spiro atoms. The fourth-order valence-electron chi connectivity index (χ4n) is 2.47. The third-order valence-corrected chi connectivity index (χ3v) is 5.34. The Kier molecular flexibility index (Phi) is 6.92. The predicted molar refractivity (Wildman–Crippen MR) is 109 cm³/mol. The largest absolute Gasteiger partial charge is 0.465 e. The number of hydrogen-bond donors (Lipinski definition) is 2. The molecule has 10 heteroatoms. The van der Waals surface area contributed by atoms with Crippen LogP contribution in [0.25, 0.3) is 0 Å². The SMILES string of the molecule is CCn1nccc1CNC(=S)Nc1sc(C(=O)N(C)C)c(C)c1C(=O)OC. The van der Waals surface area contributed by atoms with Crippen molar-refractivity contribution in [2.24, 2.45) is 0 Å². The topological polar surface area (TPSA) is 88.5 Å². The zero-order valence-corrected chi connectivity index (χ0v) is 17.6. The lowest BCUT2D eigenvalue weighted by Gasteiger charge is -2.11. The molecule has 0 aromatic carbocycles. The smallest absolute Gasteiger partial charge is 0.341 e. The van der Waals surface area contributed by atoms with E-state index in [1.807, 2.05) is 17.7 Å². The molecule has 2 N–H and O–H groups in total. The van der Waals surface area contributed by atoms with E-state index in [4.69, 9.17) is 17.0 Å². The molecule has 0 aliphatic carbocycles. The lowest BCUT2D eigenvalue weighted by molar-refractivity contribution is 0.0601. The van der Waals surface area contributed by atoms with Crippen molar-refractivity contribution in [1.29, 1.82) is 0 Å². The van der Waals surface area contributed by atoms with Gasteiger partial charge in [0.05, 0.1) is 29.8 Å². The monoisotopic (exact) mass is 409 g/mol. The number of anilines is 1. The summed E-state index contributed by atoms with van der Waals surface area (Å²) in [5.74, 6) is -0.697. The van der Waals surface area contributed by atoms with Crippen LogP contribution in [-0.2, 0) is 17.8 Å². The van der Waals surface area contributed by atoms with Crippen molar-refractivity contribution in [3.63, 3.8) is 0 Å². The van der Waals surface area contributed by atoms with E-state index in [2.05, 4.69) is 15.7 Å². The summed E-state index contributed by atoms with van der Waals surface area (Å²) in [6.45, 7) is 4.98. The van der Waals surface area contributed by atoms with Gasteiger partial charge < -0.3 is 20.3 Å². The van der Waals surface area contributed by atoms with Crippen LogP contribution in [0, 0.1) is 6.92 Å². The van der Waals surface area contributed by atoms with Crippen molar-refractivity contribution in [3.8, 4) is 0 Å². The number of thiophene rings is 1. The Morgan fingerprint density at radius 3 is 2.70 bits per heavy atom. The van der Waals surface area contributed by atoms with Crippen molar-refractivity contribution in [1.82, 2.24) is 20.0 Å². The van der Waals surface area contributed by atoms with Gasteiger partial charge in [-0.05, 0) is 37.7 Å². The lowest BCUT2D eigenvalue weighted by atomic mass is 10.1. The number of nitrogens with zero attached hydrogens (tertiary/aromatic N) is 3. The molecule has 0 saturated carbocycles. The highest BCUT2D eigenvalue weighted by atomic mass is 32.1. The van der Waals surface area contributed by atoms with Gasteiger partial charge >= 0.3 is 5.97 Å². The number of rotatable bonds is 6. The second kappa shape index (κ2) is 8.96. The van der Waals surface area contributed by atoms with Crippen LogP contribution in [0.5, 0.6) is 0 Å². The highest BCUT2D eigenvalue weighted by Crippen LogP contribution is 2.34. The van der Waals surface area contributed by atoms with Gasteiger partial charge in [0.25, 0.3) is 5.91 Å². The number of carbonyl (C=O) groups excluding carboxylic acids is 2. The summed E-state index contributed by atoms with van der Waals surface area (Å²) in [7, 11) is 4.63. The second-order valence-corrected chi connectivity index (χ2v) is 7.33. The fourth-order valence-corrected chi connectivity index (χ4v) is 3.93. The van der Waals surface area contributed by atoms with E-state index in [-0.39, 0.29) is 5.91 Å². The van der Waals surface area contributed by atoms with Crippen molar-refractivity contribution >= 4 is 45.5 Å². The minimum atomic E-state index is -0.518. The highest BCUT2D eigenvalue weighted by Gasteiger charge is 2.26. The molecule has 0 aliphatic heterocycles. The maximum Gasteiger partial charge on any atom is 0.341 e. The zero-order valence-electron chi connectivity index (χ0n) is 16.0. The molecule has 2 rings (SSSR count). The molecule has 0 saturated heterocycles. The maximum atomic E-state index is 12.4. The number of thiocarbonyl (C=S) groups is 1. The molecule has 8 nitrogen and oxygen atoms in total. The summed E-state index contributed by atoms with van der Waals surface area (Å²) in [6, 6.07) is 1.90. The van der Waals surface area contributed by atoms with Gasteiger partial charge in [-0.3, -0.25) is 9.48 Å². The fraction of sp³-hybridized carbons (Fsp3) is 0.412. The van der Waals surface area contributed by atoms with Gasteiger partial charge in [-0.25, -0.2) is 4.79 Å². The molecule has 2 heterocycles. The number of aromatic nitrogens is 2. The standard InChI is InChI=1S/C17H23N5O3S2/c1-6-22-11(7-8-19-22)9-18-17(26)20-14-12(16(24)25-5)10(2)13(27-14)15(23)21(3)4/h7-8H,6,9H2,1-5H3,(H2,18,20,26). The number of aryl methyl sites for hydroxylation is 1. The van der Waals surface area contributed by atoms with E-state index < -0.39 is 5.97 Å². The van der Waals surface area contributed by atoms with Gasteiger partial charge in [0.15, 0.2) is 5.11 Å². The molecule has 0 fully saturated rings. The predicted octanol–water partition coefficient (Wildman–Crippen LogP) is 2.25. The van der Waals surface area contributed by atoms with Gasteiger partial charge in [0.2, 0.25) is 0 Å². The number of nitrogens with one attached hydrogen (secondary N) is 2. The Bertz CT molecular complexity index is 857. The summed E-state index contributed by atoms with van der Waals surface area (Å²) in [5.41, 5.74) is 1.87. The normalized spacial score (nSPS) is 10.4. The molecule has 0 atom stereocenters. The average Bonchev–Trinajstić information content (AvgIpc) is 3.22. The van der Waals surface area contributed by atoms with Gasteiger partial charge in [0, 0.05) is 26.8 Å². The van der Waals surface area contributed by atoms with Gasteiger partial charge in [-0.2, -0.15) is 5.10 Å². The van der Waals surface area contributed by atoms with Crippen LogP contribution in [0.1, 0.15) is 38.2 Å². The third kappa shape index (κ3) is 4.64. The minimum Gasteiger partial charge on any atom is -0.465 e. The first kappa shape index (κ1) is 20.8. The summed E-state index contributed by atoms with van der Waals surface area (Å²) < 4.78 is 6.73. The Balaban J connectivity index is 2.21. The van der Waals surface area contributed by atoms with Crippen LogP contribution in [0.3, 0.4) is 0 Å². The Labute approximate surface area is 167 Å². The molecular formula is C17H23N5O3S2. The first-order chi connectivity index (χ1) is 12.8. The van der Waals surface area contributed by atoms with Crippen molar-refractivity contribution in [2.45, 2.75) is 26.9 Å². The number of methoxy groups -OCH3 is 1. The number of amides is 1. The van der Waals surface area contributed by atoms with E-state index in [1.54, 1.807) is 27.2 Å². The Hall–Kier alpha value is -2.46. The van der Waals surface area contributed by atoms with Crippen LogP contribution in [0.15, 0.2) is 12.3 Å². The van der Waals surface area contributed by atoms with Crippen molar-refractivity contribution in [2.75, 3.05) is 26.5 Å². The van der Waals surface area contributed by atoms with Crippen LogP contribution >= 0.6 is 23.6 Å². The summed E-state index contributed by atoms with van der Waals surface area (Å²) in [6.07, 6.45) is 1.73. The summed E-state index contributed by atoms with van der Waals surface area (Å²) in [5, 5.41) is 11.1. The van der Waals surface area contributed by atoms with E-state index in [1.165, 1.54) is 23.3 Å². The molecule has 0 unspecified atom stereocenters. The number of carbonyl (C=O) groups is 2. The van der Waals surface area contributed by atoms with E-state index in [0.717, 1.165) is 12.2 Å². The van der Waals surface area contributed by atoms with E-state index in [0.29, 0.717) is 32.7 Å². The van der Waals surface area contributed by atoms with Crippen LogP contribution in [-0.4, -0.2) is 52.9 Å². The summed E-state index contributed by atoms with van der Waals surface area (Å²) >= 11 is 6.53. The quantitative estimate of drug-likeness (QED) is 0.559. The van der Waals surface area contributed by atoms with E-state index >= 15 is 0 Å². The zero-order chi connectivity index (χ0) is 20.1. The summed E-state index contributed by atoms with van der Waals surface area (Å²) in [4.78, 5) is 26.5. The first-order valence-corrected chi connectivity index (χ1v) is 9.51. The minimum absolute atomic E-state index is 0.179. The number of ether oxygens (including phenoxy) is 1. The maximum absolute atomic E-state index is 12.4. The Morgan fingerprint density at radius 1 is 1.41 bits per heavy atom. The van der Waals surface area contributed by atoms with Gasteiger partial charge in [-0.1, -0.05) is 0 Å². The van der Waals surface area contributed by atoms with Crippen molar-refractivity contribution < 1.29 is 14.3 Å². The highest BCUT2D eigenvalue weighted by molar-refractivity contribution is 7.80. The van der Waals surface area contributed by atoms with Crippen LogP contribution < -0.4 is 10.6 Å². The van der Waals surface area contributed by atoms with Crippen LogP contribution in [0.4, 0.5) is 5.00 Å². The van der Waals surface area contributed by atoms with Crippen molar-refractivity contribution in [3.05, 3.63) is 34.0 Å². The third-order valence-electron chi connectivity index (χ3n) is 3.90. The van der Waals surface area contributed by atoms with Gasteiger partial charge in [0.1, 0.15) is 5.00 Å².